The molecule has 0 unspecified atom stereocenters. The summed E-state index contributed by atoms with van der Waals surface area (Å²) in [5, 5.41) is 0. The highest BCUT2D eigenvalue weighted by atomic mass is 32.2. The normalized spacial score (nSPS) is 16.1. The Balaban J connectivity index is 1.69. The molecular formula is C21H28N2O4S. The van der Waals surface area contributed by atoms with Crippen LogP contribution in [0.4, 0.5) is 0 Å². The number of benzene rings is 2. The zero-order valence-electron chi connectivity index (χ0n) is 16.5. The van der Waals surface area contributed by atoms with Crippen LogP contribution in [0.5, 0.6) is 11.5 Å². The lowest BCUT2D eigenvalue weighted by Gasteiger charge is -2.34. The molecule has 0 aromatic heterocycles. The van der Waals surface area contributed by atoms with Gasteiger partial charge in [0.25, 0.3) is 0 Å². The van der Waals surface area contributed by atoms with Crippen molar-refractivity contribution in [2.45, 2.75) is 25.3 Å². The molecule has 0 aliphatic carbocycles. The summed E-state index contributed by atoms with van der Waals surface area (Å²) in [5.74, 6) is 1.03. The maximum absolute atomic E-state index is 13.1. The van der Waals surface area contributed by atoms with Gasteiger partial charge in [0.15, 0.2) is 11.5 Å². The van der Waals surface area contributed by atoms with E-state index in [2.05, 4.69) is 17.0 Å². The van der Waals surface area contributed by atoms with Gasteiger partial charge in [-0.05, 0) is 31.5 Å². The van der Waals surface area contributed by atoms with Gasteiger partial charge in [-0.25, -0.2) is 8.42 Å². The number of sulfonamides is 1. The second-order valence-electron chi connectivity index (χ2n) is 6.64. The Hall–Kier alpha value is -2.09. The van der Waals surface area contributed by atoms with Crippen LogP contribution in [0.3, 0.4) is 0 Å². The van der Waals surface area contributed by atoms with E-state index < -0.39 is 10.0 Å². The highest BCUT2D eigenvalue weighted by molar-refractivity contribution is 7.89. The summed E-state index contributed by atoms with van der Waals surface area (Å²) in [7, 11) is -3.56. The highest BCUT2D eigenvalue weighted by Crippen LogP contribution is 2.31. The van der Waals surface area contributed by atoms with Crippen molar-refractivity contribution < 1.29 is 17.9 Å². The molecular weight excluding hydrogens is 376 g/mol. The Kier molecular flexibility index (Phi) is 6.93. The van der Waals surface area contributed by atoms with Crippen LogP contribution in [0.15, 0.2) is 53.4 Å². The van der Waals surface area contributed by atoms with E-state index in [4.69, 9.17) is 9.47 Å². The fourth-order valence-corrected chi connectivity index (χ4v) is 4.75. The maximum Gasteiger partial charge on any atom is 0.243 e. The molecule has 6 nitrogen and oxygen atoms in total. The summed E-state index contributed by atoms with van der Waals surface area (Å²) in [6.45, 7) is 7.91. The van der Waals surface area contributed by atoms with Crippen LogP contribution in [0, 0.1) is 0 Å². The van der Waals surface area contributed by atoms with Crippen molar-refractivity contribution in [3.05, 3.63) is 54.1 Å². The average Bonchev–Trinajstić information content (AvgIpc) is 2.71. The molecule has 28 heavy (non-hydrogen) atoms. The summed E-state index contributed by atoms with van der Waals surface area (Å²) in [5.41, 5.74) is 1.24. The van der Waals surface area contributed by atoms with Crippen LogP contribution in [-0.2, 0) is 16.6 Å². The first-order valence-electron chi connectivity index (χ1n) is 9.70. The number of nitrogens with zero attached hydrogens (tertiary/aromatic N) is 2. The zero-order chi connectivity index (χ0) is 20.0. The molecule has 0 bridgehead atoms. The number of rotatable bonds is 8. The van der Waals surface area contributed by atoms with Gasteiger partial charge >= 0.3 is 0 Å². The molecule has 0 amide bonds. The highest BCUT2D eigenvalue weighted by Gasteiger charge is 2.29. The number of hydrogen-bond acceptors (Lipinski definition) is 5. The predicted octanol–water partition coefficient (Wildman–Crippen LogP) is 2.99. The summed E-state index contributed by atoms with van der Waals surface area (Å²) >= 11 is 0. The Morgan fingerprint density at radius 3 is 2.14 bits per heavy atom. The largest absolute Gasteiger partial charge is 0.490 e. The second-order valence-corrected chi connectivity index (χ2v) is 8.58. The van der Waals surface area contributed by atoms with E-state index >= 15 is 0 Å². The third-order valence-electron chi connectivity index (χ3n) is 4.73. The van der Waals surface area contributed by atoms with Crippen LogP contribution in [-0.4, -0.2) is 57.0 Å². The van der Waals surface area contributed by atoms with Gasteiger partial charge in [0.1, 0.15) is 0 Å². The molecule has 2 aromatic carbocycles. The van der Waals surface area contributed by atoms with Gasteiger partial charge in [0.2, 0.25) is 10.0 Å². The smallest absolute Gasteiger partial charge is 0.243 e. The third kappa shape index (κ3) is 4.84. The molecule has 0 spiro atoms. The molecule has 0 radical (unpaired) electrons. The molecule has 0 saturated carbocycles. The summed E-state index contributed by atoms with van der Waals surface area (Å²) in [6.07, 6.45) is 0. The van der Waals surface area contributed by atoms with E-state index in [9.17, 15) is 8.42 Å². The predicted molar refractivity (Wildman–Crippen MR) is 109 cm³/mol. The minimum absolute atomic E-state index is 0.246. The Labute approximate surface area is 167 Å². The van der Waals surface area contributed by atoms with E-state index in [1.165, 1.54) is 5.56 Å². The molecule has 1 fully saturated rings. The van der Waals surface area contributed by atoms with Gasteiger partial charge in [0, 0.05) is 38.8 Å². The van der Waals surface area contributed by atoms with Crippen LogP contribution in [0.2, 0.25) is 0 Å². The monoisotopic (exact) mass is 404 g/mol. The van der Waals surface area contributed by atoms with E-state index in [1.807, 2.05) is 32.0 Å². The van der Waals surface area contributed by atoms with Crippen molar-refractivity contribution >= 4 is 10.0 Å². The Bertz CT molecular complexity index is 863. The number of ether oxygens (including phenoxy) is 2. The fraction of sp³-hybridized carbons (Fsp3) is 0.429. The van der Waals surface area contributed by atoms with Gasteiger partial charge < -0.3 is 9.47 Å². The van der Waals surface area contributed by atoms with Gasteiger partial charge in [-0.15, -0.1) is 0 Å². The summed E-state index contributed by atoms with van der Waals surface area (Å²) < 4.78 is 38.8. The minimum Gasteiger partial charge on any atom is -0.490 e. The molecule has 1 aliphatic heterocycles. The molecule has 2 aromatic rings. The minimum atomic E-state index is -3.56. The van der Waals surface area contributed by atoms with E-state index in [-0.39, 0.29) is 4.90 Å². The van der Waals surface area contributed by atoms with Crippen molar-refractivity contribution in [1.82, 2.24) is 9.21 Å². The molecule has 1 saturated heterocycles. The first-order chi connectivity index (χ1) is 13.5. The quantitative estimate of drug-likeness (QED) is 0.677. The lowest BCUT2D eigenvalue weighted by atomic mass is 10.2. The molecule has 1 aliphatic rings. The molecule has 1 heterocycles. The fourth-order valence-electron chi connectivity index (χ4n) is 3.31. The molecule has 0 atom stereocenters. The first-order valence-corrected chi connectivity index (χ1v) is 11.1. The van der Waals surface area contributed by atoms with Gasteiger partial charge in [-0.3, -0.25) is 4.90 Å². The lowest BCUT2D eigenvalue weighted by Crippen LogP contribution is -2.48. The van der Waals surface area contributed by atoms with Crippen LogP contribution >= 0.6 is 0 Å². The number of hydrogen-bond donors (Lipinski definition) is 0. The standard InChI is InChI=1S/C21H28N2O4S/c1-3-26-20-11-10-19(16-21(20)27-4-2)28(24,25)23-14-12-22(13-15-23)17-18-8-6-5-7-9-18/h5-11,16H,3-4,12-15,17H2,1-2H3. The topological polar surface area (TPSA) is 59.1 Å². The van der Waals surface area contributed by atoms with Gasteiger partial charge in [0.05, 0.1) is 18.1 Å². The first kappa shape index (κ1) is 20.6. The molecule has 0 N–H and O–H groups in total. The van der Waals surface area contributed by atoms with Crippen LogP contribution < -0.4 is 9.47 Å². The maximum atomic E-state index is 13.1. The Morgan fingerprint density at radius 1 is 0.857 bits per heavy atom. The summed E-state index contributed by atoms with van der Waals surface area (Å²) in [4.78, 5) is 2.53. The lowest BCUT2D eigenvalue weighted by molar-refractivity contribution is 0.181. The van der Waals surface area contributed by atoms with E-state index in [1.54, 1.807) is 22.5 Å². The van der Waals surface area contributed by atoms with E-state index in [0.29, 0.717) is 50.9 Å². The van der Waals surface area contributed by atoms with Crippen molar-refractivity contribution in [3.63, 3.8) is 0 Å². The summed E-state index contributed by atoms with van der Waals surface area (Å²) in [6, 6.07) is 15.1. The van der Waals surface area contributed by atoms with E-state index in [0.717, 1.165) is 6.54 Å². The van der Waals surface area contributed by atoms with Crippen LogP contribution in [0.1, 0.15) is 19.4 Å². The van der Waals surface area contributed by atoms with Crippen molar-refractivity contribution in [1.29, 1.82) is 0 Å². The number of piperazine rings is 1. The third-order valence-corrected chi connectivity index (χ3v) is 6.63. The Morgan fingerprint density at radius 2 is 1.50 bits per heavy atom. The van der Waals surface area contributed by atoms with Gasteiger partial charge in [-0.1, -0.05) is 30.3 Å². The average molecular weight is 405 g/mol. The second kappa shape index (κ2) is 9.41. The van der Waals surface area contributed by atoms with Gasteiger partial charge in [-0.2, -0.15) is 4.31 Å². The molecule has 152 valence electrons. The SMILES string of the molecule is CCOc1ccc(S(=O)(=O)N2CCN(Cc3ccccc3)CC2)cc1OCC. The molecule has 7 heteroatoms. The molecule has 3 rings (SSSR count). The van der Waals surface area contributed by atoms with Crippen molar-refractivity contribution in [2.75, 3.05) is 39.4 Å². The van der Waals surface area contributed by atoms with Crippen LogP contribution in [0.25, 0.3) is 0 Å². The van der Waals surface area contributed by atoms with Crippen molar-refractivity contribution in [2.24, 2.45) is 0 Å². The zero-order valence-corrected chi connectivity index (χ0v) is 17.3. The van der Waals surface area contributed by atoms with Crippen molar-refractivity contribution in [3.8, 4) is 11.5 Å².